The zero-order chi connectivity index (χ0) is 16.3. The standard InChI is InChI=1S/C16H19N3O3/c1-16(2,3)12-7-6-10(14(20)19-12)9-18-13-11(15(21)22)5-4-8-17-13/h4-8H,9H2,1-3H3,(H,17,18)(H,19,20)(H,21,22). The van der Waals surface area contributed by atoms with Crippen LogP contribution in [0.1, 0.15) is 42.4 Å². The SMILES string of the molecule is CC(C)(C)c1ccc(CNc2ncccc2C(=O)O)c(=O)[nH]1. The molecule has 0 aliphatic rings. The smallest absolute Gasteiger partial charge is 0.339 e. The van der Waals surface area contributed by atoms with E-state index in [1.807, 2.05) is 26.8 Å². The van der Waals surface area contributed by atoms with Gasteiger partial charge in [0.1, 0.15) is 11.4 Å². The molecule has 6 heteroatoms. The molecule has 0 aliphatic heterocycles. The van der Waals surface area contributed by atoms with Crippen LogP contribution in [0.2, 0.25) is 0 Å². The predicted octanol–water partition coefficient (Wildman–Crippen LogP) is 2.38. The normalized spacial score (nSPS) is 11.2. The third-order valence-corrected chi connectivity index (χ3v) is 3.28. The van der Waals surface area contributed by atoms with Crippen molar-refractivity contribution >= 4 is 11.8 Å². The number of aromatic carboxylic acids is 1. The molecule has 116 valence electrons. The molecule has 2 rings (SSSR count). The number of pyridine rings is 2. The van der Waals surface area contributed by atoms with Gasteiger partial charge in [-0.2, -0.15) is 0 Å². The molecule has 0 aliphatic carbocycles. The summed E-state index contributed by atoms with van der Waals surface area (Å²) < 4.78 is 0. The second-order valence-electron chi connectivity index (χ2n) is 6.03. The number of carboxylic acids is 1. The van der Waals surface area contributed by atoms with Crippen molar-refractivity contribution in [2.75, 3.05) is 5.32 Å². The van der Waals surface area contributed by atoms with Crippen molar-refractivity contribution in [3.05, 3.63) is 57.6 Å². The summed E-state index contributed by atoms with van der Waals surface area (Å²) in [6.07, 6.45) is 1.50. The van der Waals surface area contributed by atoms with Gasteiger partial charge in [0, 0.05) is 29.4 Å². The molecule has 6 nitrogen and oxygen atoms in total. The van der Waals surface area contributed by atoms with Gasteiger partial charge in [0.15, 0.2) is 0 Å². The first kappa shape index (κ1) is 15.8. The van der Waals surface area contributed by atoms with Crippen molar-refractivity contribution in [3.63, 3.8) is 0 Å². The number of nitrogens with zero attached hydrogens (tertiary/aromatic N) is 1. The monoisotopic (exact) mass is 301 g/mol. The second-order valence-corrected chi connectivity index (χ2v) is 6.03. The number of hydrogen-bond donors (Lipinski definition) is 3. The van der Waals surface area contributed by atoms with E-state index in [2.05, 4.69) is 15.3 Å². The van der Waals surface area contributed by atoms with Gasteiger partial charge in [-0.1, -0.05) is 20.8 Å². The Bertz CT molecular complexity index is 745. The Morgan fingerprint density at radius 1 is 1.32 bits per heavy atom. The van der Waals surface area contributed by atoms with Gasteiger partial charge in [0.05, 0.1) is 0 Å². The fourth-order valence-corrected chi connectivity index (χ4v) is 1.98. The molecule has 0 saturated carbocycles. The highest BCUT2D eigenvalue weighted by Gasteiger charge is 2.16. The molecule has 0 bridgehead atoms. The highest BCUT2D eigenvalue weighted by Crippen LogP contribution is 2.18. The fraction of sp³-hybridized carbons (Fsp3) is 0.312. The molecule has 0 spiro atoms. The topological polar surface area (TPSA) is 95.1 Å². The Kier molecular flexibility index (Phi) is 4.30. The summed E-state index contributed by atoms with van der Waals surface area (Å²) in [7, 11) is 0. The van der Waals surface area contributed by atoms with Crippen LogP contribution >= 0.6 is 0 Å². The first-order valence-corrected chi connectivity index (χ1v) is 6.94. The van der Waals surface area contributed by atoms with Crippen LogP contribution in [0.15, 0.2) is 35.3 Å². The van der Waals surface area contributed by atoms with Gasteiger partial charge in [0.2, 0.25) is 0 Å². The zero-order valence-corrected chi connectivity index (χ0v) is 12.8. The van der Waals surface area contributed by atoms with Gasteiger partial charge in [-0.3, -0.25) is 4.79 Å². The van der Waals surface area contributed by atoms with Gasteiger partial charge in [-0.25, -0.2) is 9.78 Å². The number of carbonyl (C=O) groups is 1. The lowest BCUT2D eigenvalue weighted by Crippen LogP contribution is -2.23. The molecule has 0 saturated heterocycles. The molecule has 2 aromatic heterocycles. The maximum Gasteiger partial charge on any atom is 0.339 e. The number of hydrogen-bond acceptors (Lipinski definition) is 4. The molecular formula is C16H19N3O3. The molecule has 0 unspecified atom stereocenters. The van der Waals surface area contributed by atoms with E-state index < -0.39 is 5.97 Å². The van der Waals surface area contributed by atoms with Crippen LogP contribution in [0, 0.1) is 0 Å². The zero-order valence-electron chi connectivity index (χ0n) is 12.8. The quantitative estimate of drug-likeness (QED) is 0.806. The van der Waals surface area contributed by atoms with Crippen LogP contribution < -0.4 is 10.9 Å². The van der Waals surface area contributed by atoms with E-state index in [0.29, 0.717) is 5.56 Å². The molecule has 0 atom stereocenters. The summed E-state index contributed by atoms with van der Waals surface area (Å²) in [4.78, 5) is 30.1. The second kappa shape index (κ2) is 6.01. The van der Waals surface area contributed by atoms with Crippen LogP contribution in [0.5, 0.6) is 0 Å². The Labute approximate surface area is 128 Å². The van der Waals surface area contributed by atoms with Crippen molar-refractivity contribution in [2.24, 2.45) is 0 Å². The molecule has 0 radical (unpaired) electrons. The molecule has 2 aromatic rings. The highest BCUT2D eigenvalue weighted by atomic mass is 16.4. The first-order chi connectivity index (χ1) is 10.3. The fourth-order valence-electron chi connectivity index (χ4n) is 1.98. The Balaban J connectivity index is 2.20. The number of aromatic nitrogens is 2. The van der Waals surface area contributed by atoms with Crippen molar-refractivity contribution in [1.29, 1.82) is 0 Å². The highest BCUT2D eigenvalue weighted by molar-refractivity contribution is 5.92. The van der Waals surface area contributed by atoms with Crippen molar-refractivity contribution in [3.8, 4) is 0 Å². The van der Waals surface area contributed by atoms with E-state index in [1.54, 1.807) is 12.1 Å². The van der Waals surface area contributed by atoms with Crippen LogP contribution in [0.3, 0.4) is 0 Å². The van der Waals surface area contributed by atoms with Gasteiger partial charge < -0.3 is 15.4 Å². The Morgan fingerprint density at radius 2 is 2.05 bits per heavy atom. The van der Waals surface area contributed by atoms with E-state index in [4.69, 9.17) is 5.11 Å². The number of aromatic amines is 1. The van der Waals surface area contributed by atoms with Crippen molar-refractivity contribution in [2.45, 2.75) is 32.7 Å². The number of nitrogens with one attached hydrogen (secondary N) is 2. The molecule has 0 fully saturated rings. The predicted molar refractivity (Wildman–Crippen MR) is 84.3 cm³/mol. The molecule has 0 aromatic carbocycles. The van der Waals surface area contributed by atoms with Crippen molar-refractivity contribution < 1.29 is 9.90 Å². The van der Waals surface area contributed by atoms with Crippen molar-refractivity contribution in [1.82, 2.24) is 9.97 Å². The number of rotatable bonds is 4. The summed E-state index contributed by atoms with van der Waals surface area (Å²) in [6.45, 7) is 6.26. The van der Waals surface area contributed by atoms with E-state index in [-0.39, 0.29) is 28.9 Å². The average molecular weight is 301 g/mol. The van der Waals surface area contributed by atoms with Gasteiger partial charge in [-0.15, -0.1) is 0 Å². The Morgan fingerprint density at radius 3 is 2.64 bits per heavy atom. The van der Waals surface area contributed by atoms with E-state index in [1.165, 1.54) is 12.3 Å². The van der Waals surface area contributed by atoms with E-state index >= 15 is 0 Å². The average Bonchev–Trinajstić information content (AvgIpc) is 2.45. The van der Waals surface area contributed by atoms with Crippen LogP contribution in [0.4, 0.5) is 5.82 Å². The van der Waals surface area contributed by atoms with E-state index in [0.717, 1.165) is 5.69 Å². The minimum atomic E-state index is -1.06. The van der Waals surface area contributed by atoms with Crippen LogP contribution in [-0.4, -0.2) is 21.0 Å². The van der Waals surface area contributed by atoms with Gasteiger partial charge >= 0.3 is 5.97 Å². The lowest BCUT2D eigenvalue weighted by atomic mass is 9.91. The lowest BCUT2D eigenvalue weighted by Gasteiger charge is -2.18. The van der Waals surface area contributed by atoms with Crippen LogP contribution in [-0.2, 0) is 12.0 Å². The number of H-pyrrole nitrogens is 1. The number of carboxylic acid groups (broad SMARTS) is 1. The van der Waals surface area contributed by atoms with Gasteiger partial charge in [0.25, 0.3) is 5.56 Å². The summed E-state index contributed by atoms with van der Waals surface area (Å²) >= 11 is 0. The van der Waals surface area contributed by atoms with E-state index in [9.17, 15) is 9.59 Å². The molecule has 2 heterocycles. The minimum Gasteiger partial charge on any atom is -0.478 e. The third kappa shape index (κ3) is 3.52. The molecule has 0 amide bonds. The molecule has 22 heavy (non-hydrogen) atoms. The maximum atomic E-state index is 12.1. The maximum absolute atomic E-state index is 12.1. The first-order valence-electron chi connectivity index (χ1n) is 6.94. The number of anilines is 1. The third-order valence-electron chi connectivity index (χ3n) is 3.28. The summed E-state index contributed by atoms with van der Waals surface area (Å²) in [5.41, 5.74) is 1.13. The molecule has 3 N–H and O–H groups in total. The minimum absolute atomic E-state index is 0.0743. The lowest BCUT2D eigenvalue weighted by molar-refractivity contribution is 0.0697. The Hall–Kier alpha value is -2.63. The summed E-state index contributed by atoms with van der Waals surface area (Å²) in [5, 5.41) is 12.0. The van der Waals surface area contributed by atoms with Gasteiger partial charge in [-0.05, 0) is 24.3 Å². The summed E-state index contributed by atoms with van der Waals surface area (Å²) in [5.74, 6) is -0.818. The largest absolute Gasteiger partial charge is 0.478 e. The van der Waals surface area contributed by atoms with Crippen LogP contribution in [0.25, 0.3) is 0 Å². The molecular weight excluding hydrogens is 282 g/mol. The summed E-state index contributed by atoms with van der Waals surface area (Å²) in [6, 6.07) is 6.63.